The maximum absolute atomic E-state index is 13.1. The van der Waals surface area contributed by atoms with Gasteiger partial charge in [-0.25, -0.2) is 4.39 Å². The molecule has 2 aromatic rings. The summed E-state index contributed by atoms with van der Waals surface area (Å²) in [7, 11) is 0. The number of halogens is 2. The Morgan fingerprint density at radius 1 is 1.13 bits per heavy atom. The highest BCUT2D eigenvalue weighted by molar-refractivity contribution is 9.10. The highest BCUT2D eigenvalue weighted by Crippen LogP contribution is 2.16. The number of benzene rings is 2. The van der Waals surface area contributed by atoms with E-state index in [-0.39, 0.29) is 12.4 Å². The average Bonchev–Trinajstić information content (AvgIpc) is 2.54. The van der Waals surface area contributed by atoms with E-state index in [4.69, 9.17) is 0 Å². The molecule has 0 aliphatic heterocycles. The van der Waals surface area contributed by atoms with E-state index < -0.39 is 11.8 Å². The van der Waals surface area contributed by atoms with Crippen molar-refractivity contribution in [3.63, 3.8) is 0 Å². The molecular weight excluding hydrogens is 365 g/mol. The van der Waals surface area contributed by atoms with Crippen LogP contribution in [0.4, 0.5) is 10.1 Å². The summed E-state index contributed by atoms with van der Waals surface area (Å²) in [5.74, 6) is -1.28. The van der Waals surface area contributed by atoms with Gasteiger partial charge in [0, 0.05) is 10.2 Å². The second-order valence-corrected chi connectivity index (χ2v) is 5.65. The minimum absolute atomic E-state index is 0.0967. The Morgan fingerprint density at radius 3 is 2.61 bits per heavy atom. The molecule has 2 rings (SSSR count). The lowest BCUT2D eigenvalue weighted by Gasteiger charge is -2.11. The number of carbonyl (C=O) groups is 2. The van der Waals surface area contributed by atoms with E-state index in [1.807, 2.05) is 0 Å². The first kappa shape index (κ1) is 17.0. The van der Waals surface area contributed by atoms with Gasteiger partial charge in [-0.3, -0.25) is 20.4 Å². The third kappa shape index (κ3) is 4.79. The van der Waals surface area contributed by atoms with Crippen molar-refractivity contribution in [2.45, 2.75) is 6.92 Å². The third-order valence-corrected chi connectivity index (χ3v) is 3.76. The van der Waals surface area contributed by atoms with Gasteiger partial charge in [-0.15, -0.1) is 0 Å². The number of rotatable bonds is 4. The summed E-state index contributed by atoms with van der Waals surface area (Å²) >= 11 is 3.26. The SMILES string of the molecule is Cc1ccc(F)cc1NCC(=O)NNC(=O)c1ccccc1Br. The molecule has 5 nitrogen and oxygen atoms in total. The molecule has 23 heavy (non-hydrogen) atoms. The van der Waals surface area contributed by atoms with Crippen LogP contribution in [0.15, 0.2) is 46.9 Å². The van der Waals surface area contributed by atoms with Gasteiger partial charge in [-0.05, 0) is 52.7 Å². The van der Waals surface area contributed by atoms with Crippen molar-refractivity contribution in [1.29, 1.82) is 0 Å². The van der Waals surface area contributed by atoms with Crippen molar-refractivity contribution < 1.29 is 14.0 Å². The fourth-order valence-corrected chi connectivity index (χ4v) is 2.31. The Labute approximate surface area is 141 Å². The zero-order valence-electron chi connectivity index (χ0n) is 12.3. The lowest BCUT2D eigenvalue weighted by molar-refractivity contribution is -0.120. The molecule has 0 aromatic heterocycles. The van der Waals surface area contributed by atoms with E-state index in [9.17, 15) is 14.0 Å². The Kier molecular flexibility index (Phi) is 5.70. The van der Waals surface area contributed by atoms with E-state index in [0.717, 1.165) is 5.56 Å². The monoisotopic (exact) mass is 379 g/mol. The number of anilines is 1. The van der Waals surface area contributed by atoms with E-state index in [0.29, 0.717) is 15.7 Å². The number of hydrogen-bond acceptors (Lipinski definition) is 3. The zero-order chi connectivity index (χ0) is 16.8. The number of nitrogens with one attached hydrogen (secondary N) is 3. The maximum atomic E-state index is 13.1. The molecule has 0 aliphatic carbocycles. The van der Waals surface area contributed by atoms with E-state index in [2.05, 4.69) is 32.1 Å². The lowest BCUT2D eigenvalue weighted by atomic mass is 10.2. The predicted molar refractivity (Wildman–Crippen MR) is 89.4 cm³/mol. The first-order chi connectivity index (χ1) is 11.0. The molecule has 0 spiro atoms. The first-order valence-electron chi connectivity index (χ1n) is 6.81. The molecule has 120 valence electrons. The van der Waals surface area contributed by atoms with Gasteiger partial charge in [0.1, 0.15) is 5.82 Å². The van der Waals surface area contributed by atoms with E-state index in [1.54, 1.807) is 37.3 Å². The minimum Gasteiger partial charge on any atom is -0.376 e. The Morgan fingerprint density at radius 2 is 1.87 bits per heavy atom. The van der Waals surface area contributed by atoms with Crippen molar-refractivity contribution in [2.75, 3.05) is 11.9 Å². The average molecular weight is 380 g/mol. The van der Waals surface area contributed by atoms with Crippen LogP contribution < -0.4 is 16.2 Å². The molecular formula is C16H15BrFN3O2. The second-order valence-electron chi connectivity index (χ2n) is 4.79. The predicted octanol–water partition coefficient (Wildman–Crippen LogP) is 2.77. The Balaban J connectivity index is 1.85. The van der Waals surface area contributed by atoms with Crippen molar-refractivity contribution in [3.05, 3.63) is 63.9 Å². The molecule has 0 fully saturated rings. The first-order valence-corrected chi connectivity index (χ1v) is 7.60. The Bertz CT molecular complexity index is 737. The third-order valence-electron chi connectivity index (χ3n) is 3.07. The largest absolute Gasteiger partial charge is 0.376 e. The molecule has 3 N–H and O–H groups in total. The summed E-state index contributed by atoms with van der Waals surface area (Å²) in [6.07, 6.45) is 0. The molecule has 0 saturated heterocycles. The van der Waals surface area contributed by atoms with Gasteiger partial charge in [0.15, 0.2) is 0 Å². The summed E-state index contributed by atoms with van der Waals surface area (Å²) in [4.78, 5) is 23.7. The topological polar surface area (TPSA) is 70.2 Å². The normalized spacial score (nSPS) is 10.0. The molecule has 2 aromatic carbocycles. The number of amides is 2. The summed E-state index contributed by atoms with van der Waals surface area (Å²) in [6.45, 7) is 1.70. The van der Waals surface area contributed by atoms with Crippen LogP contribution in [0.2, 0.25) is 0 Å². The number of aryl methyl sites for hydroxylation is 1. The highest BCUT2D eigenvalue weighted by Gasteiger charge is 2.10. The molecule has 0 heterocycles. The van der Waals surface area contributed by atoms with E-state index in [1.165, 1.54) is 12.1 Å². The van der Waals surface area contributed by atoms with Crippen LogP contribution in [0.5, 0.6) is 0 Å². The molecule has 7 heteroatoms. The van der Waals surface area contributed by atoms with Gasteiger partial charge >= 0.3 is 0 Å². The zero-order valence-corrected chi connectivity index (χ0v) is 13.9. The smallest absolute Gasteiger partial charge is 0.270 e. The quantitative estimate of drug-likeness (QED) is 0.715. The molecule has 0 radical (unpaired) electrons. The Hall–Kier alpha value is -2.41. The van der Waals surface area contributed by atoms with Crippen molar-refractivity contribution in [3.8, 4) is 0 Å². The van der Waals surface area contributed by atoms with Crippen molar-refractivity contribution in [1.82, 2.24) is 10.9 Å². The number of hydrazine groups is 1. The minimum atomic E-state index is -0.450. The number of hydrogen-bond donors (Lipinski definition) is 3. The fraction of sp³-hybridized carbons (Fsp3) is 0.125. The van der Waals surface area contributed by atoms with Gasteiger partial charge in [0.05, 0.1) is 12.1 Å². The van der Waals surface area contributed by atoms with Crippen LogP contribution in [-0.4, -0.2) is 18.4 Å². The standard InChI is InChI=1S/C16H15BrFN3O2/c1-10-6-7-11(18)8-14(10)19-9-15(22)20-21-16(23)12-4-2-3-5-13(12)17/h2-8,19H,9H2,1H3,(H,20,22)(H,21,23). The maximum Gasteiger partial charge on any atom is 0.270 e. The second kappa shape index (κ2) is 7.73. The van der Waals surface area contributed by atoms with Gasteiger partial charge in [0.2, 0.25) is 0 Å². The molecule has 0 aliphatic rings. The molecule has 0 atom stereocenters. The van der Waals surface area contributed by atoms with Gasteiger partial charge in [-0.1, -0.05) is 18.2 Å². The summed E-state index contributed by atoms with van der Waals surface area (Å²) in [6, 6.07) is 11.1. The van der Waals surface area contributed by atoms with Gasteiger partial charge < -0.3 is 5.32 Å². The van der Waals surface area contributed by atoms with E-state index >= 15 is 0 Å². The molecule has 0 unspecified atom stereocenters. The highest BCUT2D eigenvalue weighted by atomic mass is 79.9. The lowest BCUT2D eigenvalue weighted by Crippen LogP contribution is -2.44. The molecule has 0 saturated carbocycles. The van der Waals surface area contributed by atoms with Crippen molar-refractivity contribution >= 4 is 33.4 Å². The number of carbonyl (C=O) groups excluding carboxylic acids is 2. The summed E-state index contributed by atoms with van der Waals surface area (Å²) < 4.78 is 13.8. The fourth-order valence-electron chi connectivity index (χ4n) is 1.84. The van der Waals surface area contributed by atoms with Crippen LogP contribution in [-0.2, 0) is 4.79 Å². The molecule has 2 amide bonds. The van der Waals surface area contributed by atoms with Crippen LogP contribution in [0.1, 0.15) is 15.9 Å². The van der Waals surface area contributed by atoms with Crippen LogP contribution in [0, 0.1) is 12.7 Å². The summed E-state index contributed by atoms with van der Waals surface area (Å²) in [5, 5.41) is 2.82. The van der Waals surface area contributed by atoms with Crippen LogP contribution in [0.3, 0.4) is 0 Å². The van der Waals surface area contributed by atoms with Gasteiger partial charge in [-0.2, -0.15) is 0 Å². The van der Waals surface area contributed by atoms with Crippen LogP contribution >= 0.6 is 15.9 Å². The molecule has 0 bridgehead atoms. The van der Waals surface area contributed by atoms with Crippen LogP contribution in [0.25, 0.3) is 0 Å². The van der Waals surface area contributed by atoms with Crippen molar-refractivity contribution in [2.24, 2.45) is 0 Å². The summed E-state index contributed by atoms with van der Waals surface area (Å²) in [5.41, 5.74) is 6.36. The van der Waals surface area contributed by atoms with Gasteiger partial charge in [0.25, 0.3) is 11.8 Å².